The predicted octanol–water partition coefficient (Wildman–Crippen LogP) is 5.41. The second kappa shape index (κ2) is 9.98. The van der Waals surface area contributed by atoms with Crippen LogP contribution in [-0.4, -0.2) is 28.8 Å². The number of carbonyl (C=O) groups is 1. The van der Waals surface area contributed by atoms with Crippen molar-refractivity contribution in [3.63, 3.8) is 0 Å². The molecule has 2 aromatic carbocycles. The topological polar surface area (TPSA) is 62.6 Å². The Balaban J connectivity index is 1.85. The molecule has 2 aromatic rings. The normalized spacial score (nSPS) is 14.9. The molecule has 0 aromatic heterocycles. The van der Waals surface area contributed by atoms with E-state index in [4.69, 9.17) is 33.3 Å². The number of thiocarbonyl (C=S) groups is 1. The lowest BCUT2D eigenvalue weighted by Crippen LogP contribution is -2.28. The van der Waals surface area contributed by atoms with Crippen LogP contribution in [-0.2, 0) is 11.4 Å². The highest BCUT2D eigenvalue weighted by molar-refractivity contribution is 8.26. The Kier molecular flexibility index (Phi) is 7.38. The maximum absolute atomic E-state index is 12.6. The first-order chi connectivity index (χ1) is 14.5. The average Bonchev–Trinajstić information content (AvgIpc) is 3.00. The molecule has 1 aliphatic heterocycles. The van der Waals surface area contributed by atoms with Gasteiger partial charge in [-0.25, -0.2) is 0 Å². The fourth-order valence-electron chi connectivity index (χ4n) is 2.94. The molecule has 1 amide bonds. The Bertz CT molecular complexity index is 1060. The molecule has 0 spiro atoms. The number of amides is 1. The van der Waals surface area contributed by atoms with Crippen LogP contribution in [0.25, 0.3) is 6.08 Å². The van der Waals surface area contributed by atoms with Gasteiger partial charge in [-0.3, -0.25) is 9.69 Å². The van der Waals surface area contributed by atoms with Crippen molar-refractivity contribution in [2.45, 2.75) is 20.0 Å². The maximum Gasteiger partial charge on any atom is 0.266 e. The molecule has 8 heteroatoms. The van der Waals surface area contributed by atoms with Crippen molar-refractivity contribution in [3.8, 4) is 17.6 Å². The molecule has 0 bridgehead atoms. The molecule has 0 radical (unpaired) electrons. The van der Waals surface area contributed by atoms with Crippen molar-refractivity contribution < 1.29 is 14.3 Å². The molecule has 1 fully saturated rings. The molecule has 1 heterocycles. The van der Waals surface area contributed by atoms with Gasteiger partial charge in [0.25, 0.3) is 5.91 Å². The van der Waals surface area contributed by atoms with E-state index in [-0.39, 0.29) is 12.5 Å². The lowest BCUT2D eigenvalue weighted by Gasteiger charge is -2.14. The first kappa shape index (κ1) is 22.2. The highest BCUT2D eigenvalue weighted by Crippen LogP contribution is 2.39. The van der Waals surface area contributed by atoms with E-state index < -0.39 is 0 Å². The molecule has 0 N–H and O–H groups in total. The van der Waals surface area contributed by atoms with Gasteiger partial charge in [0, 0.05) is 12.1 Å². The summed E-state index contributed by atoms with van der Waals surface area (Å²) in [5.41, 5.74) is 2.00. The smallest absolute Gasteiger partial charge is 0.266 e. The van der Waals surface area contributed by atoms with Crippen molar-refractivity contribution in [1.82, 2.24) is 4.90 Å². The number of ether oxygens (including phenoxy) is 2. The summed E-state index contributed by atoms with van der Waals surface area (Å²) in [5, 5.41) is 9.58. The van der Waals surface area contributed by atoms with Gasteiger partial charge >= 0.3 is 0 Å². The summed E-state index contributed by atoms with van der Waals surface area (Å²) < 4.78 is 11.9. The molecule has 5 nitrogen and oxygen atoms in total. The van der Waals surface area contributed by atoms with Crippen LogP contribution in [0.15, 0.2) is 41.3 Å². The minimum Gasteiger partial charge on any atom is -0.493 e. The summed E-state index contributed by atoms with van der Waals surface area (Å²) in [6.45, 7) is 2.78. The van der Waals surface area contributed by atoms with Gasteiger partial charge in [0.05, 0.1) is 28.7 Å². The number of methoxy groups -OCH3 is 1. The molecule has 154 valence electrons. The van der Waals surface area contributed by atoms with Crippen LogP contribution in [0.3, 0.4) is 0 Å². The van der Waals surface area contributed by atoms with Gasteiger partial charge < -0.3 is 9.47 Å². The summed E-state index contributed by atoms with van der Waals surface area (Å²) in [5.74, 6) is 0.713. The summed E-state index contributed by atoms with van der Waals surface area (Å²) in [7, 11) is 1.52. The van der Waals surface area contributed by atoms with Crippen LogP contribution in [0, 0.1) is 11.3 Å². The number of rotatable bonds is 7. The van der Waals surface area contributed by atoms with Crippen LogP contribution in [0.2, 0.25) is 5.02 Å². The average molecular weight is 459 g/mol. The number of hydrogen-bond acceptors (Lipinski definition) is 6. The number of nitriles is 1. The van der Waals surface area contributed by atoms with Gasteiger partial charge in [-0.05, 0) is 36.3 Å². The number of benzene rings is 2. The Morgan fingerprint density at radius 3 is 2.80 bits per heavy atom. The minimum atomic E-state index is -0.102. The fraction of sp³-hybridized carbons (Fsp3) is 0.227. The number of carbonyl (C=O) groups excluding carboxylic acids is 1. The Hall–Kier alpha value is -2.53. The second-order valence-corrected chi connectivity index (χ2v) is 8.51. The lowest BCUT2D eigenvalue weighted by atomic mass is 10.1. The fourth-order valence-corrected chi connectivity index (χ4v) is 4.52. The van der Waals surface area contributed by atoms with Gasteiger partial charge in [-0.15, -0.1) is 0 Å². The van der Waals surface area contributed by atoms with Gasteiger partial charge in [0.1, 0.15) is 10.9 Å². The number of hydrogen-bond donors (Lipinski definition) is 0. The summed E-state index contributed by atoms with van der Waals surface area (Å²) in [6, 6.07) is 12.8. The largest absolute Gasteiger partial charge is 0.493 e. The van der Waals surface area contributed by atoms with E-state index in [2.05, 4.69) is 6.07 Å². The molecule has 3 rings (SSSR count). The highest BCUT2D eigenvalue weighted by Gasteiger charge is 2.31. The van der Waals surface area contributed by atoms with Crippen LogP contribution < -0.4 is 9.47 Å². The molecule has 0 atom stereocenters. The minimum absolute atomic E-state index is 0.102. The standard InChI is InChI=1S/C22H19ClN2O3S2/c1-3-8-25-21(26)19(30-22(25)29)11-14-9-17(23)20(18(10-14)27-2)28-13-16-7-5-4-6-15(16)12-24/h4-7,9-11H,3,8,13H2,1-2H3/b19-11+. The van der Waals surface area contributed by atoms with Crippen LogP contribution in [0.5, 0.6) is 11.5 Å². The first-order valence-electron chi connectivity index (χ1n) is 9.22. The van der Waals surface area contributed by atoms with E-state index in [0.29, 0.717) is 43.4 Å². The van der Waals surface area contributed by atoms with E-state index in [9.17, 15) is 10.1 Å². The van der Waals surface area contributed by atoms with E-state index in [1.54, 1.807) is 35.2 Å². The third kappa shape index (κ3) is 4.78. The molecular weight excluding hydrogens is 440 g/mol. The molecule has 0 unspecified atom stereocenters. The van der Waals surface area contributed by atoms with E-state index in [1.807, 2.05) is 19.1 Å². The summed E-state index contributed by atoms with van der Waals surface area (Å²) >= 11 is 13.0. The van der Waals surface area contributed by atoms with E-state index in [1.165, 1.54) is 18.9 Å². The third-order valence-electron chi connectivity index (χ3n) is 4.38. The van der Waals surface area contributed by atoms with Crippen LogP contribution in [0.4, 0.5) is 0 Å². The SMILES string of the molecule is CCCN1C(=O)/C(=C\c2cc(Cl)c(OCc3ccccc3C#N)c(OC)c2)SC1=S. The molecule has 30 heavy (non-hydrogen) atoms. The summed E-state index contributed by atoms with van der Waals surface area (Å²) in [4.78, 5) is 14.7. The number of halogens is 1. The van der Waals surface area contributed by atoms with Crippen molar-refractivity contribution >= 4 is 51.9 Å². The summed E-state index contributed by atoms with van der Waals surface area (Å²) in [6.07, 6.45) is 2.58. The van der Waals surface area contributed by atoms with E-state index >= 15 is 0 Å². The van der Waals surface area contributed by atoms with Crippen molar-refractivity contribution in [3.05, 3.63) is 63.0 Å². The molecule has 1 aliphatic rings. The number of nitrogens with zero attached hydrogens (tertiary/aromatic N) is 2. The number of thioether (sulfide) groups is 1. The molecule has 0 aliphatic carbocycles. The van der Waals surface area contributed by atoms with Crippen molar-refractivity contribution in [2.24, 2.45) is 0 Å². The van der Waals surface area contributed by atoms with Gasteiger partial charge in [-0.2, -0.15) is 5.26 Å². The third-order valence-corrected chi connectivity index (χ3v) is 6.04. The zero-order valence-corrected chi connectivity index (χ0v) is 18.9. The zero-order chi connectivity index (χ0) is 21.7. The molecule has 0 saturated carbocycles. The van der Waals surface area contributed by atoms with Gasteiger partial charge in [-0.1, -0.05) is 60.7 Å². The Morgan fingerprint density at radius 1 is 1.33 bits per heavy atom. The molecular formula is C22H19ClN2O3S2. The van der Waals surface area contributed by atoms with Crippen LogP contribution in [0.1, 0.15) is 30.0 Å². The predicted molar refractivity (Wildman–Crippen MR) is 124 cm³/mol. The van der Waals surface area contributed by atoms with Crippen molar-refractivity contribution in [2.75, 3.05) is 13.7 Å². The lowest BCUT2D eigenvalue weighted by molar-refractivity contribution is -0.122. The van der Waals surface area contributed by atoms with Crippen molar-refractivity contribution in [1.29, 1.82) is 5.26 Å². The first-order valence-corrected chi connectivity index (χ1v) is 10.8. The van der Waals surface area contributed by atoms with Crippen LogP contribution >= 0.6 is 35.6 Å². The van der Waals surface area contributed by atoms with Gasteiger partial charge in [0.2, 0.25) is 0 Å². The Morgan fingerprint density at radius 2 is 2.10 bits per heavy atom. The zero-order valence-electron chi connectivity index (χ0n) is 16.5. The monoisotopic (exact) mass is 458 g/mol. The Labute approximate surface area is 190 Å². The maximum atomic E-state index is 12.6. The molecule has 1 saturated heterocycles. The quantitative estimate of drug-likeness (QED) is 0.408. The highest BCUT2D eigenvalue weighted by atomic mass is 35.5. The second-order valence-electron chi connectivity index (χ2n) is 6.43. The van der Waals surface area contributed by atoms with Gasteiger partial charge in [0.15, 0.2) is 11.5 Å². The van der Waals surface area contributed by atoms with E-state index in [0.717, 1.165) is 12.0 Å².